The number of fused-ring (bicyclic) bond motifs is 1. The van der Waals surface area contributed by atoms with Crippen molar-refractivity contribution >= 4 is 10.8 Å². The Morgan fingerprint density at radius 1 is 0.607 bits per heavy atom. The van der Waals surface area contributed by atoms with E-state index in [-0.39, 0.29) is 0 Å². The minimum Gasteiger partial charge on any atom is -0.494 e. The second-order valence-electron chi connectivity index (χ2n) is 6.90. The Morgan fingerprint density at radius 2 is 1.25 bits per heavy atom. The minimum atomic E-state index is 0.748. The lowest BCUT2D eigenvalue weighted by Gasteiger charge is -2.06. The van der Waals surface area contributed by atoms with Gasteiger partial charge in [-0.25, -0.2) is 0 Å². The van der Waals surface area contributed by atoms with Crippen molar-refractivity contribution in [1.82, 2.24) is 0 Å². The highest BCUT2D eigenvalue weighted by Gasteiger charge is 1.99. The smallest absolute Gasteiger partial charge is 0.119 e. The van der Waals surface area contributed by atoms with Gasteiger partial charge in [0.1, 0.15) is 11.5 Å². The van der Waals surface area contributed by atoms with Crippen molar-refractivity contribution < 1.29 is 9.47 Å². The monoisotopic (exact) mass is 372 g/mol. The standard InChI is InChI=1S/C26H28O2/c1-3-5-6-18-28-25-14-10-21(11-15-25)7-8-22-9-12-24-20-26(27-17-4-2)16-13-23(24)19-22/h9-16,19-20H,3-6,17-18H2,1-2H3. The molecule has 0 aliphatic carbocycles. The van der Waals surface area contributed by atoms with Crippen molar-refractivity contribution in [1.29, 1.82) is 0 Å². The molecule has 0 aliphatic heterocycles. The average Bonchev–Trinajstić information content (AvgIpc) is 2.74. The van der Waals surface area contributed by atoms with Crippen LogP contribution in [0.3, 0.4) is 0 Å². The maximum Gasteiger partial charge on any atom is 0.119 e. The number of hydrogen-bond donors (Lipinski definition) is 0. The Hall–Kier alpha value is -2.92. The first kappa shape index (κ1) is 19.8. The Labute approximate surface area is 168 Å². The quantitative estimate of drug-likeness (QED) is 0.328. The summed E-state index contributed by atoms with van der Waals surface area (Å²) in [6, 6.07) is 20.5. The lowest BCUT2D eigenvalue weighted by molar-refractivity contribution is 0.306. The van der Waals surface area contributed by atoms with Gasteiger partial charge in [0.15, 0.2) is 0 Å². The van der Waals surface area contributed by atoms with Gasteiger partial charge in [0, 0.05) is 11.1 Å². The molecule has 0 radical (unpaired) electrons. The van der Waals surface area contributed by atoms with Crippen LogP contribution < -0.4 is 9.47 Å². The van der Waals surface area contributed by atoms with Crippen molar-refractivity contribution in [3.05, 3.63) is 71.8 Å². The zero-order chi connectivity index (χ0) is 19.6. The molecule has 3 aromatic carbocycles. The van der Waals surface area contributed by atoms with Gasteiger partial charge in [-0.1, -0.05) is 50.7 Å². The molecule has 144 valence electrons. The van der Waals surface area contributed by atoms with Crippen LogP contribution in [0.1, 0.15) is 50.7 Å². The maximum absolute atomic E-state index is 5.75. The van der Waals surface area contributed by atoms with Crippen LogP contribution in [-0.2, 0) is 0 Å². The number of unbranched alkanes of at least 4 members (excludes halogenated alkanes) is 2. The van der Waals surface area contributed by atoms with Gasteiger partial charge in [-0.05, 0) is 72.1 Å². The number of hydrogen-bond acceptors (Lipinski definition) is 2. The van der Waals surface area contributed by atoms with Crippen LogP contribution in [0.2, 0.25) is 0 Å². The topological polar surface area (TPSA) is 18.5 Å². The largest absolute Gasteiger partial charge is 0.494 e. The fourth-order valence-corrected chi connectivity index (χ4v) is 2.93. The van der Waals surface area contributed by atoms with E-state index >= 15 is 0 Å². The van der Waals surface area contributed by atoms with Crippen LogP contribution in [0.15, 0.2) is 60.7 Å². The molecule has 0 fully saturated rings. The van der Waals surface area contributed by atoms with Crippen LogP contribution in [0.25, 0.3) is 10.8 Å². The van der Waals surface area contributed by atoms with Crippen LogP contribution in [0.4, 0.5) is 0 Å². The molecule has 28 heavy (non-hydrogen) atoms. The summed E-state index contributed by atoms with van der Waals surface area (Å²) < 4.78 is 11.5. The van der Waals surface area contributed by atoms with Crippen molar-refractivity contribution in [3.63, 3.8) is 0 Å². The molecule has 0 amide bonds. The molecule has 0 spiro atoms. The van der Waals surface area contributed by atoms with Gasteiger partial charge in [0.2, 0.25) is 0 Å². The van der Waals surface area contributed by atoms with Crippen LogP contribution in [0.5, 0.6) is 11.5 Å². The Balaban J connectivity index is 1.65. The van der Waals surface area contributed by atoms with Gasteiger partial charge in [-0.3, -0.25) is 0 Å². The average molecular weight is 373 g/mol. The van der Waals surface area contributed by atoms with Gasteiger partial charge in [0.05, 0.1) is 13.2 Å². The molecule has 0 saturated carbocycles. The fourth-order valence-electron chi connectivity index (χ4n) is 2.93. The lowest BCUT2D eigenvalue weighted by Crippen LogP contribution is -1.96. The molecule has 3 rings (SSSR count). The van der Waals surface area contributed by atoms with Crippen molar-refractivity contribution in [2.45, 2.75) is 39.5 Å². The van der Waals surface area contributed by atoms with E-state index in [4.69, 9.17) is 9.47 Å². The molecule has 0 aromatic heterocycles. The maximum atomic E-state index is 5.75. The summed E-state index contributed by atoms with van der Waals surface area (Å²) in [7, 11) is 0. The van der Waals surface area contributed by atoms with E-state index < -0.39 is 0 Å². The molecule has 0 heterocycles. The SMILES string of the molecule is CCCCCOc1ccc(C#Cc2ccc3cc(OCCC)ccc3c2)cc1. The summed E-state index contributed by atoms with van der Waals surface area (Å²) in [4.78, 5) is 0. The highest BCUT2D eigenvalue weighted by atomic mass is 16.5. The molecular formula is C26H28O2. The van der Waals surface area contributed by atoms with Gasteiger partial charge >= 0.3 is 0 Å². The first-order valence-electron chi connectivity index (χ1n) is 10.2. The summed E-state index contributed by atoms with van der Waals surface area (Å²) in [5, 5.41) is 2.34. The normalized spacial score (nSPS) is 10.4. The fraction of sp³-hybridized carbons (Fsp3) is 0.308. The molecule has 0 atom stereocenters. The third-order valence-corrected chi connectivity index (χ3v) is 4.51. The second kappa shape index (κ2) is 10.4. The number of rotatable bonds is 8. The van der Waals surface area contributed by atoms with Crippen LogP contribution >= 0.6 is 0 Å². The number of ether oxygens (including phenoxy) is 2. The van der Waals surface area contributed by atoms with E-state index in [2.05, 4.69) is 56.0 Å². The molecule has 2 nitrogen and oxygen atoms in total. The molecule has 0 unspecified atom stereocenters. The van der Waals surface area contributed by atoms with E-state index in [1.54, 1.807) is 0 Å². The highest BCUT2D eigenvalue weighted by Crippen LogP contribution is 2.22. The number of benzene rings is 3. The second-order valence-corrected chi connectivity index (χ2v) is 6.90. The Kier molecular flexibility index (Phi) is 7.38. The summed E-state index contributed by atoms with van der Waals surface area (Å²) in [5.74, 6) is 8.33. The summed E-state index contributed by atoms with van der Waals surface area (Å²) >= 11 is 0. The third-order valence-electron chi connectivity index (χ3n) is 4.51. The van der Waals surface area contributed by atoms with Crippen molar-refractivity contribution in [2.75, 3.05) is 13.2 Å². The summed E-state index contributed by atoms with van der Waals surface area (Å²) in [5.41, 5.74) is 2.00. The predicted molar refractivity (Wildman–Crippen MR) is 117 cm³/mol. The molecule has 2 heteroatoms. The minimum absolute atomic E-state index is 0.748. The molecular weight excluding hydrogens is 344 g/mol. The van der Waals surface area contributed by atoms with Crippen LogP contribution in [0, 0.1) is 11.8 Å². The van der Waals surface area contributed by atoms with Crippen molar-refractivity contribution in [3.8, 4) is 23.3 Å². The van der Waals surface area contributed by atoms with Gasteiger partial charge < -0.3 is 9.47 Å². The van der Waals surface area contributed by atoms with E-state index in [9.17, 15) is 0 Å². The third kappa shape index (κ3) is 5.79. The lowest BCUT2D eigenvalue weighted by atomic mass is 10.1. The summed E-state index contributed by atoms with van der Waals surface area (Å²) in [6.45, 7) is 5.83. The van der Waals surface area contributed by atoms with E-state index in [1.165, 1.54) is 23.6 Å². The molecule has 0 saturated heterocycles. The molecule has 0 N–H and O–H groups in total. The van der Waals surface area contributed by atoms with Crippen molar-refractivity contribution in [2.24, 2.45) is 0 Å². The highest BCUT2D eigenvalue weighted by molar-refractivity contribution is 5.85. The van der Waals surface area contributed by atoms with E-state index in [1.807, 2.05) is 30.3 Å². The van der Waals surface area contributed by atoms with Crippen LogP contribution in [-0.4, -0.2) is 13.2 Å². The van der Waals surface area contributed by atoms with Gasteiger partial charge in [-0.2, -0.15) is 0 Å². The van der Waals surface area contributed by atoms with E-state index in [0.29, 0.717) is 0 Å². The predicted octanol–water partition coefficient (Wildman–Crippen LogP) is 6.60. The molecule has 0 aliphatic rings. The summed E-state index contributed by atoms with van der Waals surface area (Å²) in [6.07, 6.45) is 4.54. The Morgan fingerprint density at radius 3 is 2.04 bits per heavy atom. The molecule has 3 aromatic rings. The first-order valence-corrected chi connectivity index (χ1v) is 10.2. The zero-order valence-electron chi connectivity index (χ0n) is 16.8. The Bertz CT molecular complexity index is 946. The van der Waals surface area contributed by atoms with Gasteiger partial charge in [-0.15, -0.1) is 0 Å². The zero-order valence-corrected chi connectivity index (χ0v) is 16.8. The molecule has 0 bridgehead atoms. The van der Waals surface area contributed by atoms with Gasteiger partial charge in [0.25, 0.3) is 0 Å². The van der Waals surface area contributed by atoms with E-state index in [0.717, 1.165) is 48.7 Å². The first-order chi connectivity index (χ1) is 13.8.